The fraction of sp³-hybridized carbons (Fsp3) is 0.377. The number of rotatable bonds is 16. The first kappa shape index (κ1) is 62.5. The Balaban J connectivity index is 0.000000294. The van der Waals surface area contributed by atoms with Crippen LogP contribution < -0.4 is 26.3 Å². The van der Waals surface area contributed by atoms with E-state index in [2.05, 4.69) is 103 Å². The monoisotopic (exact) mass is 1090 g/mol. The lowest BCUT2D eigenvalue weighted by Crippen LogP contribution is -2.48. The van der Waals surface area contributed by atoms with Crippen LogP contribution in [0.4, 0.5) is 0 Å². The van der Waals surface area contributed by atoms with Gasteiger partial charge < -0.3 is 44.5 Å². The Morgan fingerprint density at radius 1 is 0.613 bits per heavy atom. The van der Waals surface area contributed by atoms with Crippen molar-refractivity contribution in [1.29, 1.82) is 0 Å². The van der Waals surface area contributed by atoms with Crippen LogP contribution in [-0.2, 0) is 46.4 Å². The highest BCUT2D eigenvalue weighted by Gasteiger charge is 2.23. The lowest BCUT2D eigenvalue weighted by molar-refractivity contribution is -0.261. The molecule has 80 heavy (non-hydrogen) atoms. The first-order chi connectivity index (χ1) is 38.2. The van der Waals surface area contributed by atoms with Crippen molar-refractivity contribution in [1.82, 2.24) is 25.9 Å². The molecule has 0 spiro atoms. The third-order valence-electron chi connectivity index (χ3n) is 11.5. The molecule has 2 aliphatic heterocycles. The van der Waals surface area contributed by atoms with Crippen molar-refractivity contribution in [3.8, 4) is 23.7 Å². The second kappa shape index (κ2) is 31.9. The highest BCUT2D eigenvalue weighted by Crippen LogP contribution is 2.14. The van der Waals surface area contributed by atoms with Gasteiger partial charge in [0.15, 0.2) is 0 Å². The zero-order chi connectivity index (χ0) is 57.9. The molecule has 0 bridgehead atoms. The van der Waals surface area contributed by atoms with Gasteiger partial charge in [-0.25, -0.2) is 10.3 Å². The van der Waals surface area contributed by atoms with Gasteiger partial charge in [0.05, 0.1) is 46.6 Å². The minimum absolute atomic E-state index is 0.270. The zero-order valence-corrected chi connectivity index (χ0v) is 46.4. The number of allylic oxidation sites excluding steroid dienone is 2. The van der Waals surface area contributed by atoms with E-state index in [1.165, 1.54) is 23.7 Å². The Morgan fingerprint density at radius 3 is 1.35 bits per heavy atom. The van der Waals surface area contributed by atoms with Crippen LogP contribution in [0.5, 0.6) is 0 Å². The van der Waals surface area contributed by atoms with Gasteiger partial charge in [0.2, 0.25) is 0 Å². The highest BCUT2D eigenvalue weighted by atomic mass is 16.6. The van der Waals surface area contributed by atoms with Crippen LogP contribution in [0.2, 0.25) is 0 Å². The fourth-order valence-corrected chi connectivity index (χ4v) is 7.44. The van der Waals surface area contributed by atoms with Crippen LogP contribution in [0.3, 0.4) is 0 Å². The highest BCUT2D eigenvalue weighted by molar-refractivity contribution is 5.98. The summed E-state index contributed by atoms with van der Waals surface area (Å²) in [5, 5.41) is 37.7. The number of carbonyl (C=O) groups is 4. The first-order valence-corrected chi connectivity index (χ1v) is 26.0. The number of benzene rings is 4. The smallest absolute Gasteiger partial charge is 0.330 e. The molecule has 0 unspecified atom stereocenters. The number of aliphatic imine (C=N–C) groups is 2. The molecular formula is C61H71N7O12-2. The summed E-state index contributed by atoms with van der Waals surface area (Å²) in [6.45, 7) is 18.3. The molecule has 19 heteroatoms. The number of ether oxygens (including phenoxy) is 5. The van der Waals surface area contributed by atoms with E-state index in [0.717, 1.165) is 82.4 Å². The molecule has 6 rings (SSSR count). The summed E-state index contributed by atoms with van der Waals surface area (Å²) < 4.78 is 25.7. The summed E-state index contributed by atoms with van der Waals surface area (Å²) in [5.41, 5.74) is 6.65. The fourth-order valence-electron chi connectivity index (χ4n) is 7.44. The van der Waals surface area contributed by atoms with Gasteiger partial charge in [-0.3, -0.25) is 39.4 Å². The van der Waals surface area contributed by atoms with Crippen molar-refractivity contribution in [2.45, 2.75) is 77.9 Å². The number of nitrogens with zero attached hydrogens (tertiary/aromatic N) is 4. The number of hydrogen-bond donors (Lipinski definition) is 4. The maximum Gasteiger partial charge on any atom is 0.330 e. The van der Waals surface area contributed by atoms with E-state index >= 15 is 0 Å². The summed E-state index contributed by atoms with van der Waals surface area (Å²) in [5.74, 6) is 9.32. The Hall–Kier alpha value is -8.30. The maximum absolute atomic E-state index is 12.7. The largest absolute Gasteiger partial charge is 0.595 e. The molecule has 4 N–H and O–H groups in total. The van der Waals surface area contributed by atoms with Crippen molar-refractivity contribution in [2.24, 2.45) is 9.98 Å². The molecule has 0 aromatic heterocycles. The topological polar surface area (TPSA) is 248 Å². The third kappa shape index (κ3) is 23.7. The van der Waals surface area contributed by atoms with Crippen LogP contribution in [0, 0.1) is 23.7 Å². The Labute approximate surface area is 468 Å². The summed E-state index contributed by atoms with van der Waals surface area (Å²) >= 11 is 0. The molecule has 2 atom stereocenters. The van der Waals surface area contributed by atoms with Crippen molar-refractivity contribution < 1.29 is 58.3 Å². The number of hydroxylamine groups is 1. The van der Waals surface area contributed by atoms with Gasteiger partial charge in [0.1, 0.15) is 24.3 Å². The summed E-state index contributed by atoms with van der Waals surface area (Å²) in [4.78, 5) is 61.5. The molecule has 2 saturated heterocycles. The van der Waals surface area contributed by atoms with Gasteiger partial charge in [-0.15, -0.1) is 0 Å². The normalized spacial score (nSPS) is 15.2. The van der Waals surface area contributed by atoms with Crippen LogP contribution in [0.15, 0.2) is 119 Å². The summed E-state index contributed by atoms with van der Waals surface area (Å²) in [7, 11) is 1.19. The van der Waals surface area contributed by atoms with Gasteiger partial charge in [0, 0.05) is 72.7 Å². The van der Waals surface area contributed by atoms with E-state index in [9.17, 15) is 29.4 Å². The molecule has 4 aromatic rings. The Bertz CT molecular complexity index is 2690. The van der Waals surface area contributed by atoms with Gasteiger partial charge in [-0.1, -0.05) is 114 Å². The van der Waals surface area contributed by atoms with Gasteiger partial charge in [-0.05, 0) is 95.1 Å². The number of nitrogens with one attached hydrogen (secondary N) is 3. The van der Waals surface area contributed by atoms with Gasteiger partial charge >= 0.3 is 5.97 Å². The predicted molar refractivity (Wildman–Crippen MR) is 301 cm³/mol. The summed E-state index contributed by atoms with van der Waals surface area (Å²) in [6, 6.07) is 27.5. The molecular weight excluding hydrogens is 1020 g/mol. The van der Waals surface area contributed by atoms with Crippen molar-refractivity contribution >= 4 is 48.0 Å². The Kier molecular flexibility index (Phi) is 25.0. The van der Waals surface area contributed by atoms with Crippen LogP contribution in [0.25, 0.3) is 12.2 Å². The Morgan fingerprint density at radius 2 is 0.988 bits per heavy atom. The summed E-state index contributed by atoms with van der Waals surface area (Å²) in [6.07, 6.45) is 5.73. The minimum Gasteiger partial charge on any atom is -0.595 e. The molecule has 3 amide bonds. The number of morpholine rings is 2. The molecule has 19 nitrogen and oxygen atoms in total. The molecule has 2 heterocycles. The SMILES string of the molecule is CC(C)(C)OC([O-])=NC[C@H](NC(=O)c1ccc(C#C/C=C/c2ccc(CN3CCOCC3)cc2)cc1)C(=O)NO.COC(=O)[C@H](CN=C([O-])OC(C)(C)C)NC(=O)c1ccc(C#C/C=C/c2ccc(CN3CCOCC3)cc2)cc1. The van der Waals surface area contributed by atoms with E-state index in [1.54, 1.807) is 102 Å². The first-order valence-electron chi connectivity index (χ1n) is 26.0. The standard InChI is InChI=1S/C31H37N3O6.C30H36N4O6/c1-31(2,3)40-30(37)32-21-27(29(36)38-4)33-28(35)26-15-13-24(14-16-26)8-6-5-7-23-9-11-25(12-10-23)22-34-17-19-39-20-18-34;1-30(2,3)40-29(37)31-20-26(28(36)33-38)32-27(35)25-14-12-23(13-15-25)7-5-4-6-22-8-10-24(11-9-22)21-34-16-18-39-19-17-34/h5,7,9-16,27H,17-22H2,1-4H3,(H,32,37)(H,33,35);4,6,8-15,26,38H,16-21H2,1-3H3,(H,31,37)(H,32,35)(H,33,36)/p-2/b7-5+;6-4+/t27-;26-/m00/s1. The van der Waals surface area contributed by atoms with Crippen LogP contribution in [0.1, 0.15) is 95.6 Å². The second-order valence-electron chi connectivity index (χ2n) is 20.3. The average molecular weight is 1090 g/mol. The third-order valence-corrected chi connectivity index (χ3v) is 11.5. The quantitative estimate of drug-likeness (QED) is 0.0308. The van der Waals surface area contributed by atoms with Gasteiger partial charge in [-0.2, -0.15) is 0 Å². The number of amides is 3. The maximum atomic E-state index is 12.7. The van der Waals surface area contributed by atoms with Crippen LogP contribution >= 0.6 is 0 Å². The second-order valence-corrected chi connectivity index (χ2v) is 20.3. The predicted octanol–water partition coefficient (Wildman–Crippen LogP) is 4.11. The van der Waals surface area contributed by atoms with Crippen molar-refractivity contribution in [3.05, 3.63) is 154 Å². The van der Waals surface area contributed by atoms with Crippen molar-refractivity contribution in [3.63, 3.8) is 0 Å². The number of esters is 1. The lowest BCUT2D eigenvalue weighted by atomic mass is 10.1. The molecule has 0 radical (unpaired) electrons. The molecule has 2 fully saturated rings. The number of methoxy groups -OCH3 is 1. The number of carbonyl (C=O) groups excluding carboxylic acids is 4. The molecule has 424 valence electrons. The van der Waals surface area contributed by atoms with E-state index in [1.807, 2.05) is 12.2 Å². The number of hydrogen-bond acceptors (Lipinski definition) is 16. The van der Waals surface area contributed by atoms with E-state index in [-0.39, 0.29) is 12.1 Å². The molecule has 4 aromatic carbocycles. The van der Waals surface area contributed by atoms with E-state index in [4.69, 9.17) is 28.9 Å². The van der Waals surface area contributed by atoms with E-state index < -0.39 is 65.7 Å². The van der Waals surface area contributed by atoms with E-state index in [0.29, 0.717) is 11.1 Å². The average Bonchev–Trinajstić information content (AvgIpc) is 3.45. The van der Waals surface area contributed by atoms with Gasteiger partial charge in [0.25, 0.3) is 17.7 Å². The lowest BCUT2D eigenvalue weighted by Gasteiger charge is -2.29. The molecule has 2 aliphatic rings. The zero-order valence-electron chi connectivity index (χ0n) is 46.4. The van der Waals surface area contributed by atoms with Crippen LogP contribution in [-0.4, -0.2) is 147 Å². The minimum atomic E-state index is -1.27. The van der Waals surface area contributed by atoms with Crippen molar-refractivity contribution in [2.75, 3.05) is 72.8 Å². The molecule has 0 aliphatic carbocycles. The molecule has 0 saturated carbocycles.